The number of furan rings is 1. The van der Waals surface area contributed by atoms with E-state index in [9.17, 15) is 4.79 Å². The smallest absolute Gasteiger partial charge is 0.222 e. The fraction of sp³-hybridized carbons (Fsp3) is 0.444. The molecule has 1 saturated heterocycles. The van der Waals surface area contributed by atoms with E-state index in [1.165, 1.54) is 0 Å². The third-order valence-electron chi connectivity index (χ3n) is 4.33. The van der Waals surface area contributed by atoms with Gasteiger partial charge in [0.15, 0.2) is 5.96 Å². The first kappa shape index (κ1) is 19.6. The van der Waals surface area contributed by atoms with Crippen LogP contribution in [-0.4, -0.2) is 50.0 Å². The molecule has 3 rings (SSSR count). The molecule has 1 aliphatic rings. The standard InChI is InChI=1S/C18H24N4O2.HI/c1-19-18(21-14-7-8-17(23)22(2)12-14)20-10-9-15-11-13-5-3-4-6-16(13)24-15;/h3-6,11,14H,7-10,12H2,1-2H3,(H2,19,20,21);1H. The molecule has 1 unspecified atom stereocenters. The molecule has 7 heteroatoms. The summed E-state index contributed by atoms with van der Waals surface area (Å²) in [6.45, 7) is 1.45. The number of guanidine groups is 1. The second-order valence-corrected chi connectivity index (χ2v) is 6.15. The van der Waals surface area contributed by atoms with E-state index in [0.717, 1.165) is 42.1 Å². The van der Waals surface area contributed by atoms with Crippen LogP contribution in [-0.2, 0) is 11.2 Å². The highest BCUT2D eigenvalue weighted by atomic mass is 127. The largest absolute Gasteiger partial charge is 0.461 e. The number of carbonyl (C=O) groups excluding carboxylic acids is 1. The molecule has 0 aliphatic carbocycles. The molecule has 2 aromatic rings. The lowest BCUT2D eigenvalue weighted by molar-refractivity contribution is -0.132. The molecule has 6 nitrogen and oxygen atoms in total. The van der Waals surface area contributed by atoms with Gasteiger partial charge in [-0.2, -0.15) is 0 Å². The molecular weight excluding hydrogens is 431 g/mol. The van der Waals surface area contributed by atoms with Gasteiger partial charge in [0.2, 0.25) is 5.91 Å². The maximum Gasteiger partial charge on any atom is 0.222 e. The Morgan fingerprint density at radius 1 is 1.40 bits per heavy atom. The van der Waals surface area contributed by atoms with Crippen molar-refractivity contribution in [3.8, 4) is 0 Å². The van der Waals surface area contributed by atoms with Crippen molar-refractivity contribution >= 4 is 46.8 Å². The average molecular weight is 456 g/mol. The second kappa shape index (κ2) is 9.07. The van der Waals surface area contributed by atoms with Crippen LogP contribution in [0.4, 0.5) is 0 Å². The van der Waals surface area contributed by atoms with Crippen LogP contribution in [0.15, 0.2) is 39.7 Å². The monoisotopic (exact) mass is 456 g/mol. The van der Waals surface area contributed by atoms with E-state index in [-0.39, 0.29) is 35.9 Å². The van der Waals surface area contributed by atoms with Gasteiger partial charge in [-0.15, -0.1) is 24.0 Å². The number of hydrogen-bond acceptors (Lipinski definition) is 3. The summed E-state index contributed by atoms with van der Waals surface area (Å²) in [5, 5.41) is 7.82. The lowest BCUT2D eigenvalue weighted by Crippen LogP contribution is -2.51. The lowest BCUT2D eigenvalue weighted by atomic mass is 10.1. The minimum atomic E-state index is 0. The van der Waals surface area contributed by atoms with Crippen molar-refractivity contribution in [2.45, 2.75) is 25.3 Å². The van der Waals surface area contributed by atoms with Gasteiger partial charge in [0.1, 0.15) is 11.3 Å². The Morgan fingerprint density at radius 2 is 2.20 bits per heavy atom. The molecule has 1 amide bonds. The Hall–Kier alpha value is -1.77. The first-order valence-electron chi connectivity index (χ1n) is 8.34. The number of nitrogens with zero attached hydrogens (tertiary/aromatic N) is 2. The van der Waals surface area contributed by atoms with Crippen LogP contribution in [0.25, 0.3) is 11.0 Å². The van der Waals surface area contributed by atoms with Crippen molar-refractivity contribution in [3.63, 3.8) is 0 Å². The zero-order valence-corrected chi connectivity index (χ0v) is 16.9. The van der Waals surface area contributed by atoms with Crippen LogP contribution in [0.1, 0.15) is 18.6 Å². The number of para-hydroxylation sites is 1. The van der Waals surface area contributed by atoms with E-state index >= 15 is 0 Å². The fourth-order valence-electron chi connectivity index (χ4n) is 2.98. The zero-order chi connectivity index (χ0) is 16.9. The van der Waals surface area contributed by atoms with Crippen molar-refractivity contribution in [2.75, 3.05) is 27.2 Å². The van der Waals surface area contributed by atoms with Gasteiger partial charge in [0.25, 0.3) is 0 Å². The van der Waals surface area contributed by atoms with E-state index in [1.54, 1.807) is 11.9 Å². The first-order chi connectivity index (χ1) is 11.7. The third kappa shape index (κ3) is 5.10. The maximum atomic E-state index is 11.5. The van der Waals surface area contributed by atoms with Crippen molar-refractivity contribution < 1.29 is 9.21 Å². The number of piperidine rings is 1. The summed E-state index contributed by atoms with van der Waals surface area (Å²) in [6.07, 6.45) is 2.22. The number of fused-ring (bicyclic) bond motifs is 1. The van der Waals surface area contributed by atoms with E-state index in [1.807, 2.05) is 25.2 Å². The molecule has 25 heavy (non-hydrogen) atoms. The van der Waals surface area contributed by atoms with Gasteiger partial charge >= 0.3 is 0 Å². The number of rotatable bonds is 4. The van der Waals surface area contributed by atoms with Crippen molar-refractivity contribution in [2.24, 2.45) is 4.99 Å². The molecule has 2 N–H and O–H groups in total. The summed E-state index contributed by atoms with van der Waals surface area (Å²) < 4.78 is 5.81. The highest BCUT2D eigenvalue weighted by molar-refractivity contribution is 14.0. The minimum absolute atomic E-state index is 0. The number of carbonyl (C=O) groups is 1. The van der Waals surface area contributed by atoms with E-state index in [4.69, 9.17) is 4.42 Å². The number of benzene rings is 1. The number of nitrogens with one attached hydrogen (secondary N) is 2. The summed E-state index contributed by atoms with van der Waals surface area (Å²) in [6, 6.07) is 10.3. The molecule has 0 spiro atoms. The maximum absolute atomic E-state index is 11.5. The van der Waals surface area contributed by atoms with Crippen molar-refractivity contribution in [1.82, 2.24) is 15.5 Å². The number of amides is 1. The van der Waals surface area contributed by atoms with Crippen LogP contribution in [0.2, 0.25) is 0 Å². The highest BCUT2D eigenvalue weighted by Crippen LogP contribution is 2.18. The van der Waals surface area contributed by atoms with Gasteiger partial charge in [0, 0.05) is 51.5 Å². The second-order valence-electron chi connectivity index (χ2n) is 6.15. The zero-order valence-electron chi connectivity index (χ0n) is 14.6. The first-order valence-corrected chi connectivity index (χ1v) is 8.34. The Kier molecular flexibility index (Phi) is 7.10. The van der Waals surface area contributed by atoms with Crippen molar-refractivity contribution in [3.05, 3.63) is 36.1 Å². The number of hydrogen-bond donors (Lipinski definition) is 2. The summed E-state index contributed by atoms with van der Waals surface area (Å²) in [5.74, 6) is 1.93. The van der Waals surface area contributed by atoms with Crippen LogP contribution in [0.5, 0.6) is 0 Å². The third-order valence-corrected chi connectivity index (χ3v) is 4.33. The van der Waals surface area contributed by atoms with Gasteiger partial charge in [-0.3, -0.25) is 9.79 Å². The Labute approximate surface area is 165 Å². The van der Waals surface area contributed by atoms with Gasteiger partial charge in [-0.05, 0) is 18.6 Å². The molecule has 0 bridgehead atoms. The summed E-state index contributed by atoms with van der Waals surface area (Å²) in [4.78, 5) is 17.6. The molecule has 0 radical (unpaired) electrons. The Bertz CT molecular complexity index is 711. The molecule has 1 fully saturated rings. The number of halogens is 1. The molecule has 0 saturated carbocycles. The average Bonchev–Trinajstić information content (AvgIpc) is 3.00. The van der Waals surface area contributed by atoms with Crippen LogP contribution < -0.4 is 10.6 Å². The Balaban J connectivity index is 0.00000225. The predicted molar refractivity (Wildman–Crippen MR) is 110 cm³/mol. The quantitative estimate of drug-likeness (QED) is 0.421. The van der Waals surface area contributed by atoms with Crippen LogP contribution in [0.3, 0.4) is 0 Å². The molecule has 136 valence electrons. The normalized spacial score (nSPS) is 18.2. The van der Waals surface area contributed by atoms with Crippen molar-refractivity contribution in [1.29, 1.82) is 0 Å². The van der Waals surface area contributed by atoms with Gasteiger partial charge in [0.05, 0.1) is 0 Å². The Morgan fingerprint density at radius 3 is 2.92 bits per heavy atom. The summed E-state index contributed by atoms with van der Waals surface area (Å²) >= 11 is 0. The van der Waals surface area contributed by atoms with E-state index in [0.29, 0.717) is 13.0 Å². The van der Waals surface area contributed by atoms with Gasteiger partial charge < -0.3 is 20.0 Å². The molecule has 1 aromatic carbocycles. The number of likely N-dealkylation sites (N-methyl/N-ethyl adjacent to an activating group) is 1. The highest BCUT2D eigenvalue weighted by Gasteiger charge is 2.23. The van der Waals surface area contributed by atoms with E-state index in [2.05, 4.69) is 27.8 Å². The molecular formula is C18H25IN4O2. The number of aliphatic imine (C=N–C) groups is 1. The molecule has 1 atom stereocenters. The SMILES string of the molecule is CN=C(NCCc1cc2ccccc2o1)NC1CCC(=O)N(C)C1.I. The molecule has 1 aliphatic heterocycles. The molecule has 2 heterocycles. The molecule has 1 aromatic heterocycles. The van der Waals surface area contributed by atoms with Crippen LogP contribution in [0, 0.1) is 0 Å². The minimum Gasteiger partial charge on any atom is -0.461 e. The summed E-state index contributed by atoms with van der Waals surface area (Å²) in [5.41, 5.74) is 0.921. The fourth-order valence-corrected chi connectivity index (χ4v) is 2.98. The lowest BCUT2D eigenvalue weighted by Gasteiger charge is -2.31. The topological polar surface area (TPSA) is 69.9 Å². The number of likely N-dealkylation sites (tertiary alicyclic amines) is 1. The van der Waals surface area contributed by atoms with E-state index < -0.39 is 0 Å². The predicted octanol–water partition coefficient (Wildman–Crippen LogP) is 2.38. The van der Waals surface area contributed by atoms with Gasteiger partial charge in [-0.1, -0.05) is 18.2 Å². The van der Waals surface area contributed by atoms with Crippen LogP contribution >= 0.6 is 24.0 Å². The van der Waals surface area contributed by atoms with Gasteiger partial charge in [-0.25, -0.2) is 0 Å². The summed E-state index contributed by atoms with van der Waals surface area (Å²) in [7, 11) is 3.60.